The van der Waals surface area contributed by atoms with Crippen molar-refractivity contribution in [2.75, 3.05) is 25.1 Å². The van der Waals surface area contributed by atoms with Gasteiger partial charge in [0, 0.05) is 25.3 Å². The normalized spacial score (nSPS) is 15.7. The van der Waals surface area contributed by atoms with E-state index in [0.717, 1.165) is 16.7 Å². The van der Waals surface area contributed by atoms with Crippen molar-refractivity contribution in [2.24, 2.45) is 0 Å². The van der Waals surface area contributed by atoms with Gasteiger partial charge in [-0.3, -0.25) is 19.3 Å². The average molecular weight is 416 g/mol. The zero-order chi connectivity index (χ0) is 19.8. The Hall–Kier alpha value is -2.07. The fourth-order valence-corrected chi connectivity index (χ4v) is 3.43. The van der Waals surface area contributed by atoms with Gasteiger partial charge in [0.2, 0.25) is 5.91 Å². The summed E-state index contributed by atoms with van der Waals surface area (Å²) < 4.78 is 28.6. The Balaban J connectivity index is 1.92. The molecule has 0 atom stereocenters. The molecular formula is C17H18F2N2O4S2. The summed E-state index contributed by atoms with van der Waals surface area (Å²) in [4.78, 5) is 37.2. The Bertz CT molecular complexity index is 726. The number of ether oxygens (including phenoxy) is 1. The molecule has 1 aliphatic heterocycles. The van der Waals surface area contributed by atoms with E-state index < -0.39 is 17.8 Å². The van der Waals surface area contributed by atoms with Crippen LogP contribution in [-0.2, 0) is 9.59 Å². The van der Waals surface area contributed by atoms with Gasteiger partial charge in [-0.05, 0) is 41.8 Å². The van der Waals surface area contributed by atoms with Crippen LogP contribution in [-0.4, -0.2) is 53.7 Å². The maximum atomic E-state index is 12.4. The minimum Gasteiger partial charge on any atom is -0.435 e. The number of hydrogen-bond donors (Lipinski definition) is 1. The van der Waals surface area contributed by atoms with E-state index in [4.69, 9.17) is 0 Å². The van der Waals surface area contributed by atoms with E-state index in [1.807, 2.05) is 6.26 Å². The molecule has 146 valence electrons. The lowest BCUT2D eigenvalue weighted by Gasteiger charge is -2.12. The number of amides is 3. The number of carbonyl (C=O) groups excluding carboxylic acids is 3. The maximum absolute atomic E-state index is 12.4. The van der Waals surface area contributed by atoms with Crippen LogP contribution >= 0.6 is 23.5 Å². The summed E-state index contributed by atoms with van der Waals surface area (Å²) in [7, 11) is 0. The van der Waals surface area contributed by atoms with Gasteiger partial charge in [-0.15, -0.1) is 0 Å². The summed E-state index contributed by atoms with van der Waals surface area (Å²) in [6.07, 6.45) is 3.79. The van der Waals surface area contributed by atoms with Crippen molar-refractivity contribution in [1.82, 2.24) is 10.2 Å². The van der Waals surface area contributed by atoms with Crippen molar-refractivity contribution < 1.29 is 27.9 Å². The predicted octanol–water partition coefficient (Wildman–Crippen LogP) is 3.19. The molecule has 0 aliphatic carbocycles. The molecule has 1 aliphatic rings. The number of nitrogens with zero attached hydrogens (tertiary/aromatic N) is 1. The second-order valence-electron chi connectivity index (χ2n) is 5.37. The lowest BCUT2D eigenvalue weighted by molar-refractivity contribution is -0.124. The molecule has 3 amide bonds. The molecule has 0 aromatic heterocycles. The number of benzene rings is 1. The standard InChI is InChI=1S/C17H18F2N2O4S2/c1-26-9-6-14(22)20-7-8-21-15(23)13(27-17(21)24)10-11-2-4-12(5-3-11)25-16(18)19/h2-5,10,16H,6-9H2,1H3,(H,20,22)/b13-10-. The van der Waals surface area contributed by atoms with Crippen LogP contribution in [0.3, 0.4) is 0 Å². The lowest BCUT2D eigenvalue weighted by Crippen LogP contribution is -2.37. The fraction of sp³-hybridized carbons (Fsp3) is 0.353. The summed E-state index contributed by atoms with van der Waals surface area (Å²) in [6, 6.07) is 5.73. The van der Waals surface area contributed by atoms with E-state index in [1.165, 1.54) is 30.3 Å². The molecule has 0 spiro atoms. The van der Waals surface area contributed by atoms with Crippen LogP contribution in [0.2, 0.25) is 0 Å². The highest BCUT2D eigenvalue weighted by Gasteiger charge is 2.34. The van der Waals surface area contributed by atoms with Crippen molar-refractivity contribution in [1.29, 1.82) is 0 Å². The van der Waals surface area contributed by atoms with Crippen LogP contribution < -0.4 is 10.1 Å². The molecule has 0 saturated carbocycles. The largest absolute Gasteiger partial charge is 0.435 e. The third kappa shape index (κ3) is 6.55. The SMILES string of the molecule is CSCCC(=O)NCCN1C(=O)S/C(=C\c2ccc(OC(F)F)cc2)C1=O. The molecule has 1 saturated heterocycles. The number of rotatable bonds is 9. The van der Waals surface area contributed by atoms with Gasteiger partial charge in [-0.2, -0.15) is 20.5 Å². The fourth-order valence-electron chi connectivity index (χ4n) is 2.18. The van der Waals surface area contributed by atoms with Crippen LogP contribution in [0.5, 0.6) is 5.75 Å². The molecule has 0 radical (unpaired) electrons. The van der Waals surface area contributed by atoms with Gasteiger partial charge < -0.3 is 10.1 Å². The van der Waals surface area contributed by atoms with E-state index in [0.29, 0.717) is 17.7 Å². The molecular weight excluding hydrogens is 398 g/mol. The molecule has 27 heavy (non-hydrogen) atoms. The molecule has 6 nitrogen and oxygen atoms in total. The Labute approximate surface area is 163 Å². The number of imide groups is 1. The maximum Gasteiger partial charge on any atom is 0.387 e. The zero-order valence-corrected chi connectivity index (χ0v) is 16.1. The highest BCUT2D eigenvalue weighted by molar-refractivity contribution is 8.18. The van der Waals surface area contributed by atoms with Crippen LogP contribution in [0.1, 0.15) is 12.0 Å². The molecule has 1 aromatic rings. The van der Waals surface area contributed by atoms with Gasteiger partial charge >= 0.3 is 6.61 Å². The van der Waals surface area contributed by atoms with Gasteiger partial charge in [-0.25, -0.2) is 0 Å². The number of halogens is 2. The predicted molar refractivity (Wildman–Crippen MR) is 102 cm³/mol. The van der Waals surface area contributed by atoms with Crippen molar-refractivity contribution in [2.45, 2.75) is 13.0 Å². The molecule has 10 heteroatoms. The molecule has 0 unspecified atom stereocenters. The summed E-state index contributed by atoms with van der Waals surface area (Å²) >= 11 is 2.35. The second-order valence-corrected chi connectivity index (χ2v) is 7.35. The summed E-state index contributed by atoms with van der Waals surface area (Å²) in [5.74, 6) is 0.138. The highest BCUT2D eigenvalue weighted by atomic mass is 32.2. The first-order chi connectivity index (χ1) is 12.9. The quantitative estimate of drug-likeness (QED) is 0.623. The van der Waals surface area contributed by atoms with Gasteiger partial charge in [0.25, 0.3) is 11.1 Å². The van der Waals surface area contributed by atoms with Crippen molar-refractivity contribution in [3.05, 3.63) is 34.7 Å². The van der Waals surface area contributed by atoms with Crippen LogP contribution in [0.25, 0.3) is 6.08 Å². The van der Waals surface area contributed by atoms with Gasteiger partial charge in [0.1, 0.15) is 5.75 Å². The number of hydrogen-bond acceptors (Lipinski definition) is 6. The molecule has 2 rings (SSSR count). The third-order valence-corrected chi connectivity index (χ3v) is 4.99. The van der Waals surface area contributed by atoms with Crippen LogP contribution in [0, 0.1) is 0 Å². The Morgan fingerprint density at radius 1 is 1.33 bits per heavy atom. The van der Waals surface area contributed by atoms with Crippen LogP contribution in [0.4, 0.5) is 13.6 Å². The first-order valence-corrected chi connectivity index (χ1v) is 10.2. The molecule has 1 heterocycles. The number of alkyl halides is 2. The van der Waals surface area contributed by atoms with E-state index in [9.17, 15) is 23.2 Å². The number of nitrogens with one attached hydrogen (secondary N) is 1. The average Bonchev–Trinajstić information content (AvgIpc) is 2.88. The second kappa shape index (κ2) is 10.3. The van der Waals surface area contributed by atoms with Gasteiger partial charge in [0.15, 0.2) is 0 Å². The highest BCUT2D eigenvalue weighted by Crippen LogP contribution is 2.32. The Morgan fingerprint density at radius 2 is 2.04 bits per heavy atom. The Morgan fingerprint density at radius 3 is 2.67 bits per heavy atom. The third-order valence-electron chi connectivity index (χ3n) is 3.47. The van der Waals surface area contributed by atoms with Crippen molar-refractivity contribution in [3.63, 3.8) is 0 Å². The molecule has 1 fully saturated rings. The smallest absolute Gasteiger partial charge is 0.387 e. The first kappa shape index (κ1) is 21.2. The van der Waals surface area contributed by atoms with E-state index in [1.54, 1.807) is 11.8 Å². The number of carbonyl (C=O) groups is 3. The monoisotopic (exact) mass is 416 g/mol. The van der Waals surface area contributed by atoms with Crippen molar-refractivity contribution >= 4 is 46.7 Å². The van der Waals surface area contributed by atoms with Crippen LogP contribution in [0.15, 0.2) is 29.2 Å². The summed E-state index contributed by atoms with van der Waals surface area (Å²) in [5, 5.41) is 2.25. The van der Waals surface area contributed by atoms with E-state index in [2.05, 4.69) is 10.1 Å². The topological polar surface area (TPSA) is 75.7 Å². The molecule has 0 bridgehead atoms. The summed E-state index contributed by atoms with van der Waals surface area (Å²) in [5.41, 5.74) is 0.576. The molecule has 1 N–H and O–H groups in total. The lowest BCUT2D eigenvalue weighted by atomic mass is 10.2. The van der Waals surface area contributed by atoms with Gasteiger partial charge in [0.05, 0.1) is 4.91 Å². The molecule has 1 aromatic carbocycles. The zero-order valence-electron chi connectivity index (χ0n) is 14.4. The van der Waals surface area contributed by atoms with Gasteiger partial charge in [-0.1, -0.05) is 12.1 Å². The number of thioether (sulfide) groups is 2. The first-order valence-electron chi connectivity index (χ1n) is 7.96. The van der Waals surface area contributed by atoms with E-state index in [-0.39, 0.29) is 29.7 Å². The minimum atomic E-state index is -2.91. The minimum absolute atomic E-state index is 0.00692. The van der Waals surface area contributed by atoms with Crippen molar-refractivity contribution in [3.8, 4) is 5.75 Å². The Kier molecular flexibility index (Phi) is 8.11. The summed E-state index contributed by atoms with van der Waals surface area (Å²) in [6.45, 7) is -2.62. The van der Waals surface area contributed by atoms with E-state index >= 15 is 0 Å².